The number of rotatable bonds is 4. The third-order valence-corrected chi connectivity index (χ3v) is 2.80. The van der Waals surface area contributed by atoms with Crippen molar-refractivity contribution in [1.29, 1.82) is 0 Å². The highest BCUT2D eigenvalue weighted by Crippen LogP contribution is 2.21. The van der Waals surface area contributed by atoms with Crippen LogP contribution in [-0.2, 0) is 0 Å². The maximum Gasteiger partial charge on any atom is 0.270 e. The number of carbonyl (C=O) groups excluding carboxylic acids is 1. The Balaban J connectivity index is 2.17. The second kappa shape index (κ2) is 6.49. The molecule has 0 aliphatic rings. The molecule has 1 aromatic heterocycles. The van der Waals surface area contributed by atoms with Crippen LogP contribution in [0.25, 0.3) is 0 Å². The number of amides is 1. The number of halogens is 2. The summed E-state index contributed by atoms with van der Waals surface area (Å²) in [6.45, 7) is 3.72. The summed E-state index contributed by atoms with van der Waals surface area (Å²) in [5.41, 5.74) is 0.810. The van der Waals surface area contributed by atoms with Crippen LogP contribution < -0.4 is 10.6 Å². The summed E-state index contributed by atoms with van der Waals surface area (Å²) in [6, 6.07) is 5.73. The normalized spacial score (nSPS) is 10.5. The molecule has 2 aromatic rings. The number of carbonyl (C=O) groups is 1. The van der Waals surface area contributed by atoms with Crippen LogP contribution in [0.15, 0.2) is 30.6 Å². The summed E-state index contributed by atoms with van der Waals surface area (Å²) < 4.78 is 13.1. The zero-order valence-electron chi connectivity index (χ0n) is 11.5. The third kappa shape index (κ3) is 4.13. The zero-order chi connectivity index (χ0) is 15.4. The molecule has 0 bridgehead atoms. The van der Waals surface area contributed by atoms with Crippen LogP contribution in [0.3, 0.4) is 0 Å². The van der Waals surface area contributed by atoms with Gasteiger partial charge >= 0.3 is 0 Å². The molecular formula is C14H14ClFN4O. The Kier molecular flexibility index (Phi) is 4.70. The lowest BCUT2D eigenvalue weighted by Crippen LogP contribution is -2.30. The van der Waals surface area contributed by atoms with E-state index in [9.17, 15) is 9.18 Å². The Bertz CT molecular complexity index is 663. The van der Waals surface area contributed by atoms with E-state index < -0.39 is 5.82 Å². The van der Waals surface area contributed by atoms with Crippen molar-refractivity contribution in [2.24, 2.45) is 0 Å². The summed E-state index contributed by atoms with van der Waals surface area (Å²) in [7, 11) is 0. The quantitative estimate of drug-likeness (QED) is 0.910. The number of benzene rings is 1. The molecule has 0 saturated carbocycles. The first kappa shape index (κ1) is 15.2. The standard InChI is InChI=1S/C14H14ClFN4O/c1-8(2)19-14(21)12-6-13(18-7-17-12)20-9-3-4-11(16)10(15)5-9/h3-8H,1-2H3,(H,19,21)(H,17,18,20). The van der Waals surface area contributed by atoms with Gasteiger partial charge in [0.2, 0.25) is 0 Å². The van der Waals surface area contributed by atoms with Gasteiger partial charge < -0.3 is 10.6 Å². The molecule has 5 nitrogen and oxygen atoms in total. The number of nitrogens with one attached hydrogen (secondary N) is 2. The van der Waals surface area contributed by atoms with Crippen LogP contribution in [0, 0.1) is 5.82 Å². The molecule has 0 atom stereocenters. The van der Waals surface area contributed by atoms with Crippen molar-refractivity contribution in [3.63, 3.8) is 0 Å². The number of hydrogen-bond acceptors (Lipinski definition) is 4. The fourth-order valence-corrected chi connectivity index (χ4v) is 1.79. The van der Waals surface area contributed by atoms with Crippen molar-refractivity contribution >= 4 is 29.0 Å². The Hall–Kier alpha value is -2.21. The Morgan fingerprint density at radius 2 is 2.05 bits per heavy atom. The van der Waals surface area contributed by atoms with E-state index in [1.54, 1.807) is 0 Å². The lowest BCUT2D eigenvalue weighted by Gasteiger charge is -2.09. The number of anilines is 2. The maximum atomic E-state index is 13.1. The van der Waals surface area contributed by atoms with E-state index in [-0.39, 0.29) is 22.7 Å². The van der Waals surface area contributed by atoms with Gasteiger partial charge in [0, 0.05) is 17.8 Å². The topological polar surface area (TPSA) is 66.9 Å². The van der Waals surface area contributed by atoms with Crippen molar-refractivity contribution in [3.8, 4) is 0 Å². The maximum absolute atomic E-state index is 13.1. The lowest BCUT2D eigenvalue weighted by atomic mass is 10.3. The number of hydrogen-bond donors (Lipinski definition) is 2. The predicted molar refractivity (Wildman–Crippen MR) is 79.3 cm³/mol. The Morgan fingerprint density at radius 3 is 2.71 bits per heavy atom. The lowest BCUT2D eigenvalue weighted by molar-refractivity contribution is 0.0938. The molecule has 2 rings (SSSR count). The van der Waals surface area contributed by atoms with Gasteiger partial charge in [0.25, 0.3) is 5.91 Å². The molecule has 0 aliphatic carbocycles. The molecule has 110 valence electrons. The fraction of sp³-hybridized carbons (Fsp3) is 0.214. The largest absolute Gasteiger partial charge is 0.349 e. The van der Waals surface area contributed by atoms with E-state index in [0.29, 0.717) is 11.5 Å². The monoisotopic (exact) mass is 308 g/mol. The van der Waals surface area contributed by atoms with Crippen molar-refractivity contribution in [3.05, 3.63) is 47.1 Å². The fourth-order valence-electron chi connectivity index (χ4n) is 1.61. The molecule has 1 amide bonds. The van der Waals surface area contributed by atoms with Gasteiger partial charge in [0.15, 0.2) is 0 Å². The van der Waals surface area contributed by atoms with Gasteiger partial charge in [0.05, 0.1) is 5.02 Å². The van der Waals surface area contributed by atoms with Gasteiger partial charge in [-0.3, -0.25) is 4.79 Å². The van der Waals surface area contributed by atoms with Crippen LogP contribution in [0.5, 0.6) is 0 Å². The van der Waals surface area contributed by atoms with Crippen LogP contribution in [0.2, 0.25) is 5.02 Å². The van der Waals surface area contributed by atoms with E-state index in [0.717, 1.165) is 0 Å². The van der Waals surface area contributed by atoms with E-state index in [1.807, 2.05) is 13.8 Å². The molecular weight excluding hydrogens is 295 g/mol. The minimum atomic E-state index is -0.498. The number of aromatic nitrogens is 2. The van der Waals surface area contributed by atoms with Gasteiger partial charge in [-0.15, -0.1) is 0 Å². The average molecular weight is 309 g/mol. The van der Waals surface area contributed by atoms with Crippen LogP contribution >= 0.6 is 11.6 Å². The first-order chi connectivity index (χ1) is 9.95. The predicted octanol–water partition coefficient (Wildman–Crippen LogP) is 3.15. The zero-order valence-corrected chi connectivity index (χ0v) is 12.3. The molecule has 0 spiro atoms. The van der Waals surface area contributed by atoms with Crippen LogP contribution in [0.1, 0.15) is 24.3 Å². The molecule has 0 saturated heterocycles. The van der Waals surface area contributed by atoms with E-state index in [4.69, 9.17) is 11.6 Å². The number of nitrogens with zero attached hydrogens (tertiary/aromatic N) is 2. The van der Waals surface area contributed by atoms with Gasteiger partial charge in [-0.2, -0.15) is 0 Å². The summed E-state index contributed by atoms with van der Waals surface area (Å²) in [5, 5.41) is 5.68. The summed E-state index contributed by atoms with van der Waals surface area (Å²) in [5.74, 6) is -0.365. The van der Waals surface area contributed by atoms with Crippen LogP contribution in [0.4, 0.5) is 15.9 Å². The molecule has 0 radical (unpaired) electrons. The van der Waals surface area contributed by atoms with Crippen molar-refractivity contribution in [1.82, 2.24) is 15.3 Å². The van der Waals surface area contributed by atoms with E-state index >= 15 is 0 Å². The minimum Gasteiger partial charge on any atom is -0.349 e. The van der Waals surface area contributed by atoms with Gasteiger partial charge in [0.1, 0.15) is 23.7 Å². The van der Waals surface area contributed by atoms with Gasteiger partial charge in [-0.1, -0.05) is 11.6 Å². The molecule has 0 unspecified atom stereocenters. The molecule has 7 heteroatoms. The van der Waals surface area contributed by atoms with E-state index in [2.05, 4.69) is 20.6 Å². The summed E-state index contributed by atoms with van der Waals surface area (Å²) in [6.07, 6.45) is 1.28. The third-order valence-electron chi connectivity index (χ3n) is 2.51. The second-order valence-corrected chi connectivity index (χ2v) is 5.08. The first-order valence-corrected chi connectivity index (χ1v) is 6.68. The van der Waals surface area contributed by atoms with Crippen molar-refractivity contribution in [2.75, 3.05) is 5.32 Å². The average Bonchev–Trinajstić information content (AvgIpc) is 2.42. The van der Waals surface area contributed by atoms with Crippen LogP contribution in [-0.4, -0.2) is 21.9 Å². The smallest absolute Gasteiger partial charge is 0.270 e. The van der Waals surface area contributed by atoms with E-state index in [1.165, 1.54) is 30.6 Å². The molecule has 0 fully saturated rings. The SMILES string of the molecule is CC(C)NC(=O)c1cc(Nc2ccc(F)c(Cl)c2)ncn1. The summed E-state index contributed by atoms with van der Waals surface area (Å²) in [4.78, 5) is 19.8. The van der Waals surface area contributed by atoms with Gasteiger partial charge in [-0.25, -0.2) is 14.4 Å². The highest BCUT2D eigenvalue weighted by atomic mass is 35.5. The molecule has 1 aromatic carbocycles. The highest BCUT2D eigenvalue weighted by Gasteiger charge is 2.10. The van der Waals surface area contributed by atoms with Crippen molar-refractivity contribution in [2.45, 2.75) is 19.9 Å². The molecule has 0 aliphatic heterocycles. The summed E-state index contributed by atoms with van der Waals surface area (Å²) >= 11 is 5.71. The minimum absolute atomic E-state index is 0.00632. The first-order valence-electron chi connectivity index (χ1n) is 6.30. The van der Waals surface area contributed by atoms with Gasteiger partial charge in [-0.05, 0) is 32.0 Å². The molecule has 21 heavy (non-hydrogen) atoms. The van der Waals surface area contributed by atoms with Crippen molar-refractivity contribution < 1.29 is 9.18 Å². The Morgan fingerprint density at radius 1 is 1.29 bits per heavy atom. The molecule has 1 heterocycles. The Labute approximate surface area is 126 Å². The molecule has 2 N–H and O–H groups in total. The highest BCUT2D eigenvalue weighted by molar-refractivity contribution is 6.31. The second-order valence-electron chi connectivity index (χ2n) is 4.67.